The largest absolute Gasteiger partial charge is 0.379 e. The molecule has 2 aromatic carbocycles. The van der Waals surface area contributed by atoms with Gasteiger partial charge in [0.05, 0.1) is 19.8 Å². The molecule has 1 aliphatic heterocycles. The Kier molecular flexibility index (Phi) is 10.9. The van der Waals surface area contributed by atoms with E-state index in [4.69, 9.17) is 4.74 Å². The molecule has 1 fully saturated rings. The lowest BCUT2D eigenvalue weighted by molar-refractivity contribution is -0.133. The molecule has 7 heteroatoms. The topological polar surface area (TPSA) is 53.1 Å². The van der Waals surface area contributed by atoms with Crippen LogP contribution >= 0.6 is 11.3 Å². The van der Waals surface area contributed by atoms with E-state index in [0.717, 1.165) is 49.3 Å². The van der Waals surface area contributed by atoms with E-state index in [1.165, 1.54) is 5.56 Å². The van der Waals surface area contributed by atoms with Crippen molar-refractivity contribution in [1.82, 2.24) is 14.7 Å². The van der Waals surface area contributed by atoms with Crippen LogP contribution in [0.5, 0.6) is 0 Å². The molecule has 1 aromatic heterocycles. The van der Waals surface area contributed by atoms with Gasteiger partial charge in [-0.3, -0.25) is 14.5 Å². The van der Waals surface area contributed by atoms with Crippen molar-refractivity contribution in [2.75, 3.05) is 45.9 Å². The van der Waals surface area contributed by atoms with Gasteiger partial charge in [0.25, 0.3) is 5.91 Å². The van der Waals surface area contributed by atoms with Crippen LogP contribution in [0.3, 0.4) is 0 Å². The molecule has 0 N–H and O–H groups in total. The predicted octanol–water partition coefficient (Wildman–Crippen LogP) is 5.09. The maximum absolute atomic E-state index is 13.7. The number of carbonyl (C=O) groups is 2. The average molecular weight is 534 g/mol. The van der Waals surface area contributed by atoms with Crippen LogP contribution in [-0.4, -0.2) is 72.5 Å². The lowest BCUT2D eigenvalue weighted by Gasteiger charge is -2.31. The summed E-state index contributed by atoms with van der Waals surface area (Å²) in [6.07, 6.45) is 3.29. The molecule has 0 aliphatic carbocycles. The number of hydrogen-bond donors (Lipinski definition) is 0. The van der Waals surface area contributed by atoms with E-state index < -0.39 is 0 Å². The van der Waals surface area contributed by atoms with Crippen LogP contribution in [-0.2, 0) is 29.0 Å². The second kappa shape index (κ2) is 14.8. The first-order valence-corrected chi connectivity index (χ1v) is 14.5. The van der Waals surface area contributed by atoms with Crippen molar-refractivity contribution < 1.29 is 14.3 Å². The Morgan fingerprint density at radius 2 is 1.66 bits per heavy atom. The lowest BCUT2D eigenvalue weighted by Crippen LogP contribution is -2.47. The summed E-state index contributed by atoms with van der Waals surface area (Å²) >= 11 is 1.64. The van der Waals surface area contributed by atoms with Crippen LogP contribution in [0, 0.1) is 0 Å². The number of aryl methyl sites for hydroxylation is 1. The molecule has 0 radical (unpaired) electrons. The molecule has 202 valence electrons. The zero-order chi connectivity index (χ0) is 26.6. The fraction of sp³-hybridized carbons (Fsp3) is 0.419. The molecule has 0 atom stereocenters. The number of morpholine rings is 1. The molecule has 4 rings (SSSR count). The highest BCUT2D eigenvalue weighted by Crippen LogP contribution is 2.16. The van der Waals surface area contributed by atoms with Gasteiger partial charge in [-0.25, -0.2) is 0 Å². The van der Waals surface area contributed by atoms with Crippen LogP contribution in [0.2, 0.25) is 0 Å². The first-order chi connectivity index (χ1) is 18.6. The first-order valence-electron chi connectivity index (χ1n) is 13.6. The summed E-state index contributed by atoms with van der Waals surface area (Å²) in [6.45, 7) is 7.61. The summed E-state index contributed by atoms with van der Waals surface area (Å²) in [5.74, 6) is -0.137. The third kappa shape index (κ3) is 8.51. The molecule has 6 nitrogen and oxygen atoms in total. The van der Waals surface area contributed by atoms with Crippen molar-refractivity contribution >= 4 is 23.2 Å². The Bertz CT molecular complexity index is 1110. The number of nitrogens with zero attached hydrogens (tertiary/aromatic N) is 3. The number of thiophene rings is 1. The fourth-order valence-corrected chi connectivity index (χ4v) is 5.33. The van der Waals surface area contributed by atoms with E-state index in [2.05, 4.69) is 17.9 Å². The molecule has 2 amide bonds. The highest BCUT2D eigenvalue weighted by molar-refractivity contribution is 7.09. The lowest BCUT2D eigenvalue weighted by atomic mass is 10.1. The van der Waals surface area contributed by atoms with Crippen LogP contribution in [0.25, 0.3) is 0 Å². The summed E-state index contributed by atoms with van der Waals surface area (Å²) in [5.41, 5.74) is 2.95. The van der Waals surface area contributed by atoms with Crippen molar-refractivity contribution in [3.05, 3.63) is 93.7 Å². The van der Waals surface area contributed by atoms with Crippen LogP contribution in [0.1, 0.15) is 46.1 Å². The third-order valence-corrected chi connectivity index (χ3v) is 7.78. The zero-order valence-electron chi connectivity index (χ0n) is 22.4. The number of carbonyl (C=O) groups excluding carboxylic acids is 2. The van der Waals surface area contributed by atoms with Crippen molar-refractivity contribution in [2.24, 2.45) is 0 Å². The van der Waals surface area contributed by atoms with Gasteiger partial charge in [0.1, 0.15) is 6.54 Å². The van der Waals surface area contributed by atoms with Gasteiger partial charge in [0.15, 0.2) is 0 Å². The molecular weight excluding hydrogens is 494 g/mol. The van der Waals surface area contributed by atoms with Crippen molar-refractivity contribution in [3.8, 4) is 0 Å². The van der Waals surface area contributed by atoms with E-state index in [-0.39, 0.29) is 18.4 Å². The normalized spacial score (nSPS) is 13.8. The Labute approximate surface area is 230 Å². The van der Waals surface area contributed by atoms with E-state index in [1.54, 1.807) is 16.2 Å². The standard InChI is InChI=1S/C31H39N3O3S/c1-2-3-8-26-12-14-28(15-13-26)31(36)33(17-16-32-18-20-37-21-19-32)25-30(35)34(24-29-11-7-22-38-29)23-27-9-5-4-6-10-27/h4-7,9-15,22H,2-3,8,16-21,23-25H2,1H3. The van der Waals surface area contributed by atoms with Gasteiger partial charge in [-0.15, -0.1) is 11.3 Å². The van der Waals surface area contributed by atoms with Gasteiger partial charge in [-0.2, -0.15) is 0 Å². The molecule has 0 unspecified atom stereocenters. The predicted molar refractivity (Wildman–Crippen MR) is 153 cm³/mol. The quantitative estimate of drug-likeness (QED) is 0.307. The van der Waals surface area contributed by atoms with Crippen LogP contribution in [0.15, 0.2) is 72.1 Å². The Morgan fingerprint density at radius 3 is 2.34 bits per heavy atom. The summed E-state index contributed by atoms with van der Waals surface area (Å²) in [4.78, 5) is 34.5. The monoisotopic (exact) mass is 533 g/mol. The van der Waals surface area contributed by atoms with Gasteiger partial charge in [-0.1, -0.05) is 61.9 Å². The van der Waals surface area contributed by atoms with Gasteiger partial charge in [0.2, 0.25) is 5.91 Å². The number of rotatable bonds is 13. The third-order valence-electron chi connectivity index (χ3n) is 6.92. The smallest absolute Gasteiger partial charge is 0.254 e. The van der Waals surface area contributed by atoms with Gasteiger partial charge >= 0.3 is 0 Å². The molecule has 0 spiro atoms. The summed E-state index contributed by atoms with van der Waals surface area (Å²) in [7, 11) is 0. The van der Waals surface area contributed by atoms with Crippen LogP contribution < -0.4 is 0 Å². The minimum atomic E-state index is -0.0931. The number of ether oxygens (including phenoxy) is 1. The summed E-state index contributed by atoms with van der Waals surface area (Å²) in [6, 6.07) is 22.0. The second-order valence-corrected chi connectivity index (χ2v) is 10.8. The van der Waals surface area contributed by atoms with Gasteiger partial charge in [0, 0.05) is 43.2 Å². The SMILES string of the molecule is CCCCc1ccc(C(=O)N(CCN2CCOCC2)CC(=O)N(Cc2ccccc2)Cc2cccs2)cc1. The van der Waals surface area contributed by atoms with Crippen LogP contribution in [0.4, 0.5) is 0 Å². The molecule has 0 bridgehead atoms. The molecule has 1 aliphatic rings. The molecule has 0 saturated carbocycles. The van der Waals surface area contributed by atoms with Gasteiger partial charge in [-0.05, 0) is 47.5 Å². The second-order valence-electron chi connectivity index (χ2n) is 9.80. The van der Waals surface area contributed by atoms with Gasteiger partial charge < -0.3 is 14.5 Å². The molecular formula is C31H39N3O3S. The Balaban J connectivity index is 1.50. The minimum Gasteiger partial charge on any atom is -0.379 e. The van der Waals surface area contributed by atoms with E-state index in [0.29, 0.717) is 38.4 Å². The van der Waals surface area contributed by atoms with Crippen molar-refractivity contribution in [3.63, 3.8) is 0 Å². The van der Waals surface area contributed by atoms with E-state index >= 15 is 0 Å². The van der Waals surface area contributed by atoms with E-state index in [1.807, 2.05) is 70.9 Å². The number of amides is 2. The highest BCUT2D eigenvalue weighted by Gasteiger charge is 2.24. The van der Waals surface area contributed by atoms with Crippen molar-refractivity contribution in [1.29, 1.82) is 0 Å². The molecule has 38 heavy (non-hydrogen) atoms. The maximum Gasteiger partial charge on any atom is 0.254 e. The zero-order valence-corrected chi connectivity index (χ0v) is 23.2. The fourth-order valence-electron chi connectivity index (χ4n) is 4.61. The van der Waals surface area contributed by atoms with Crippen molar-refractivity contribution in [2.45, 2.75) is 39.3 Å². The summed E-state index contributed by atoms with van der Waals surface area (Å²) in [5, 5.41) is 2.03. The molecule has 3 aromatic rings. The maximum atomic E-state index is 13.7. The molecule has 1 saturated heterocycles. The summed E-state index contributed by atoms with van der Waals surface area (Å²) < 4.78 is 5.48. The first kappa shape index (κ1) is 28.0. The van der Waals surface area contributed by atoms with E-state index in [9.17, 15) is 9.59 Å². The highest BCUT2D eigenvalue weighted by atomic mass is 32.1. The Hall–Kier alpha value is -3.00. The minimum absolute atomic E-state index is 0.0443. The average Bonchev–Trinajstić information content (AvgIpc) is 3.48. The number of unbranched alkanes of at least 4 members (excludes halogenated alkanes) is 1. The Morgan fingerprint density at radius 1 is 0.895 bits per heavy atom. The number of hydrogen-bond acceptors (Lipinski definition) is 5. The molecule has 2 heterocycles. The number of benzene rings is 2.